The van der Waals surface area contributed by atoms with Crippen molar-refractivity contribution in [1.29, 1.82) is 0 Å². The third-order valence-electron chi connectivity index (χ3n) is 4.96. The normalized spacial score (nSPS) is 38.3. The predicted octanol–water partition coefficient (Wildman–Crippen LogP) is 1.14. The molecule has 2 heterocycles. The minimum absolute atomic E-state index is 0.130. The zero-order valence-electron chi connectivity index (χ0n) is 11.4. The van der Waals surface area contributed by atoms with E-state index in [1.165, 1.54) is 32.1 Å². The molecule has 2 saturated heterocycles. The van der Waals surface area contributed by atoms with Gasteiger partial charge in [-0.1, -0.05) is 0 Å². The van der Waals surface area contributed by atoms with Crippen LogP contribution in [0, 0.1) is 0 Å². The lowest BCUT2D eigenvalue weighted by Crippen LogP contribution is -2.57. The summed E-state index contributed by atoms with van der Waals surface area (Å²) in [5.41, 5.74) is 6.21. The standard InChI is InChI=1S/C14H26N2O2/c1-11(15)13-10-16(6-8-17-13)12-3-7-18-14(9-12)4-2-5-14/h11-13H,2-10,15H2,1H3. The summed E-state index contributed by atoms with van der Waals surface area (Å²) in [7, 11) is 0. The van der Waals surface area contributed by atoms with Crippen LogP contribution in [0.1, 0.15) is 39.0 Å². The Labute approximate surface area is 110 Å². The van der Waals surface area contributed by atoms with E-state index >= 15 is 0 Å². The van der Waals surface area contributed by atoms with Crippen LogP contribution in [0.3, 0.4) is 0 Å². The summed E-state index contributed by atoms with van der Waals surface area (Å²) in [4.78, 5) is 2.60. The van der Waals surface area contributed by atoms with Crippen LogP contribution in [-0.4, -0.2) is 55.0 Å². The molecule has 3 fully saturated rings. The van der Waals surface area contributed by atoms with E-state index in [1.807, 2.05) is 6.92 Å². The van der Waals surface area contributed by atoms with Gasteiger partial charge in [-0.25, -0.2) is 0 Å². The van der Waals surface area contributed by atoms with Crippen molar-refractivity contribution < 1.29 is 9.47 Å². The second-order valence-corrected chi connectivity index (χ2v) is 6.29. The third kappa shape index (κ3) is 2.44. The van der Waals surface area contributed by atoms with Crippen LogP contribution in [-0.2, 0) is 9.47 Å². The van der Waals surface area contributed by atoms with Gasteiger partial charge in [-0.05, 0) is 39.0 Å². The van der Waals surface area contributed by atoms with E-state index in [-0.39, 0.29) is 17.7 Å². The zero-order valence-corrected chi connectivity index (χ0v) is 11.4. The Kier molecular flexibility index (Phi) is 3.63. The Hall–Kier alpha value is -0.160. The molecule has 2 aliphatic heterocycles. The Bertz CT molecular complexity index is 292. The van der Waals surface area contributed by atoms with E-state index < -0.39 is 0 Å². The Balaban J connectivity index is 1.59. The predicted molar refractivity (Wildman–Crippen MR) is 70.5 cm³/mol. The minimum atomic E-state index is 0.130. The summed E-state index contributed by atoms with van der Waals surface area (Å²) in [6.45, 7) is 5.87. The fourth-order valence-electron chi connectivity index (χ4n) is 3.58. The summed E-state index contributed by atoms with van der Waals surface area (Å²) >= 11 is 0. The summed E-state index contributed by atoms with van der Waals surface area (Å²) in [5, 5.41) is 0. The highest BCUT2D eigenvalue weighted by Crippen LogP contribution is 2.43. The molecule has 3 atom stereocenters. The first-order valence-corrected chi connectivity index (χ1v) is 7.44. The minimum Gasteiger partial charge on any atom is -0.375 e. The number of hydrogen-bond acceptors (Lipinski definition) is 4. The molecular weight excluding hydrogens is 228 g/mol. The molecule has 0 aromatic carbocycles. The molecule has 0 bridgehead atoms. The topological polar surface area (TPSA) is 47.7 Å². The SMILES string of the molecule is CC(N)C1CN(C2CCOC3(CCC3)C2)CCO1. The lowest BCUT2D eigenvalue weighted by atomic mass is 9.73. The maximum Gasteiger partial charge on any atom is 0.0850 e. The molecule has 0 aromatic rings. The van der Waals surface area contributed by atoms with Gasteiger partial charge in [-0.2, -0.15) is 0 Å². The Morgan fingerprint density at radius 2 is 2.17 bits per heavy atom. The van der Waals surface area contributed by atoms with Crippen LogP contribution in [0.25, 0.3) is 0 Å². The van der Waals surface area contributed by atoms with Crippen LogP contribution in [0.15, 0.2) is 0 Å². The largest absolute Gasteiger partial charge is 0.375 e. The molecule has 4 nitrogen and oxygen atoms in total. The molecular formula is C14H26N2O2. The van der Waals surface area contributed by atoms with Crippen LogP contribution in [0.2, 0.25) is 0 Å². The van der Waals surface area contributed by atoms with Gasteiger partial charge in [0.15, 0.2) is 0 Å². The van der Waals surface area contributed by atoms with Crippen molar-refractivity contribution in [3.05, 3.63) is 0 Å². The Morgan fingerprint density at radius 3 is 2.83 bits per heavy atom. The van der Waals surface area contributed by atoms with Gasteiger partial charge in [-0.15, -0.1) is 0 Å². The van der Waals surface area contributed by atoms with Crippen LogP contribution >= 0.6 is 0 Å². The molecule has 1 spiro atoms. The number of rotatable bonds is 2. The Morgan fingerprint density at radius 1 is 1.33 bits per heavy atom. The van der Waals surface area contributed by atoms with E-state index in [4.69, 9.17) is 15.2 Å². The van der Waals surface area contributed by atoms with Gasteiger partial charge in [0.25, 0.3) is 0 Å². The smallest absolute Gasteiger partial charge is 0.0850 e. The second-order valence-electron chi connectivity index (χ2n) is 6.29. The highest BCUT2D eigenvalue weighted by atomic mass is 16.5. The first kappa shape index (κ1) is 12.9. The summed E-state index contributed by atoms with van der Waals surface area (Å²) in [5.74, 6) is 0. The average Bonchev–Trinajstić information content (AvgIpc) is 2.37. The monoisotopic (exact) mass is 254 g/mol. The fraction of sp³-hybridized carbons (Fsp3) is 1.00. The van der Waals surface area contributed by atoms with Crippen molar-refractivity contribution in [3.63, 3.8) is 0 Å². The molecule has 0 aromatic heterocycles. The zero-order chi connectivity index (χ0) is 12.6. The van der Waals surface area contributed by atoms with Crippen molar-refractivity contribution in [3.8, 4) is 0 Å². The molecule has 1 saturated carbocycles. The van der Waals surface area contributed by atoms with Crippen molar-refractivity contribution in [2.75, 3.05) is 26.3 Å². The lowest BCUT2D eigenvalue weighted by Gasteiger charge is -2.50. The third-order valence-corrected chi connectivity index (χ3v) is 4.96. The number of hydrogen-bond donors (Lipinski definition) is 1. The summed E-state index contributed by atoms with van der Waals surface area (Å²) in [6.07, 6.45) is 6.48. The number of morpholine rings is 1. The van der Waals surface area contributed by atoms with Gasteiger partial charge in [-0.3, -0.25) is 4.90 Å². The molecule has 0 amide bonds. The van der Waals surface area contributed by atoms with Gasteiger partial charge >= 0.3 is 0 Å². The second kappa shape index (κ2) is 5.08. The molecule has 2 N–H and O–H groups in total. The van der Waals surface area contributed by atoms with Crippen LogP contribution in [0.5, 0.6) is 0 Å². The molecule has 4 heteroatoms. The molecule has 104 valence electrons. The summed E-state index contributed by atoms with van der Waals surface area (Å²) < 4.78 is 11.8. The van der Waals surface area contributed by atoms with Crippen molar-refractivity contribution in [1.82, 2.24) is 4.90 Å². The highest BCUT2D eigenvalue weighted by molar-refractivity contribution is 4.97. The fourth-order valence-corrected chi connectivity index (χ4v) is 3.58. The van der Waals surface area contributed by atoms with E-state index in [2.05, 4.69) is 4.90 Å². The highest BCUT2D eigenvalue weighted by Gasteiger charge is 2.44. The van der Waals surface area contributed by atoms with Crippen molar-refractivity contribution >= 4 is 0 Å². The molecule has 3 rings (SSSR count). The van der Waals surface area contributed by atoms with Crippen LogP contribution < -0.4 is 5.73 Å². The van der Waals surface area contributed by atoms with E-state index in [0.29, 0.717) is 6.04 Å². The van der Waals surface area contributed by atoms with E-state index in [9.17, 15) is 0 Å². The van der Waals surface area contributed by atoms with Crippen molar-refractivity contribution in [2.45, 2.75) is 62.8 Å². The number of nitrogens with two attached hydrogens (primary N) is 1. The van der Waals surface area contributed by atoms with E-state index in [0.717, 1.165) is 26.3 Å². The average molecular weight is 254 g/mol. The number of nitrogens with zero attached hydrogens (tertiary/aromatic N) is 1. The molecule has 0 radical (unpaired) electrons. The van der Waals surface area contributed by atoms with Gasteiger partial charge in [0.1, 0.15) is 0 Å². The first-order valence-electron chi connectivity index (χ1n) is 7.44. The molecule has 3 aliphatic rings. The quantitative estimate of drug-likeness (QED) is 0.802. The van der Waals surface area contributed by atoms with Gasteiger partial charge < -0.3 is 15.2 Å². The maximum absolute atomic E-state index is 6.01. The first-order chi connectivity index (χ1) is 8.69. The lowest BCUT2D eigenvalue weighted by molar-refractivity contribution is -0.159. The molecule has 1 aliphatic carbocycles. The molecule has 18 heavy (non-hydrogen) atoms. The van der Waals surface area contributed by atoms with E-state index in [1.54, 1.807) is 0 Å². The van der Waals surface area contributed by atoms with Gasteiger partial charge in [0.05, 0.1) is 18.3 Å². The maximum atomic E-state index is 6.01. The van der Waals surface area contributed by atoms with Crippen LogP contribution in [0.4, 0.5) is 0 Å². The summed E-state index contributed by atoms with van der Waals surface area (Å²) in [6, 6.07) is 0.814. The van der Waals surface area contributed by atoms with Gasteiger partial charge in [0.2, 0.25) is 0 Å². The molecule has 3 unspecified atom stereocenters. The van der Waals surface area contributed by atoms with Gasteiger partial charge in [0, 0.05) is 31.8 Å². The van der Waals surface area contributed by atoms with Crippen molar-refractivity contribution in [2.24, 2.45) is 5.73 Å². The number of ether oxygens (including phenoxy) is 2.